The highest BCUT2D eigenvalue weighted by molar-refractivity contribution is 7.20. The maximum atomic E-state index is 2.31. The maximum absolute atomic E-state index is 2.31. The number of benzene rings is 5. The Hall–Kier alpha value is -3.58. The Kier molecular flexibility index (Phi) is 4.50. The third-order valence-corrected chi connectivity index (χ3v) is 6.19. The van der Waals surface area contributed by atoms with Crippen molar-refractivity contribution in [3.63, 3.8) is 0 Å². The molecule has 29 heavy (non-hydrogen) atoms. The molecule has 5 aromatic carbocycles. The Bertz CT molecular complexity index is 1130. The van der Waals surface area contributed by atoms with Crippen molar-refractivity contribution in [2.24, 2.45) is 0 Å². The van der Waals surface area contributed by atoms with Gasteiger partial charge in [0.1, 0.15) is 6.15 Å². The van der Waals surface area contributed by atoms with E-state index in [-0.39, 0.29) is 0 Å². The zero-order valence-electron chi connectivity index (χ0n) is 16.3. The molecule has 0 unspecified atom stereocenters. The van der Waals surface area contributed by atoms with Gasteiger partial charge < -0.3 is 0 Å². The number of hydrogen-bond acceptors (Lipinski definition) is 0. The third kappa shape index (κ3) is 2.87. The first-order valence-corrected chi connectivity index (χ1v) is 10.2. The Morgan fingerprint density at radius 1 is 0.345 bits per heavy atom. The van der Waals surface area contributed by atoms with Crippen LogP contribution in [0.3, 0.4) is 0 Å². The summed E-state index contributed by atoms with van der Waals surface area (Å²) in [6.07, 6.45) is -1.33. The molecule has 0 heterocycles. The van der Waals surface area contributed by atoms with Crippen molar-refractivity contribution in [3.05, 3.63) is 133 Å². The Balaban J connectivity index is 1.99. The van der Waals surface area contributed by atoms with Gasteiger partial charge in [-0.2, -0.15) is 21.9 Å². The van der Waals surface area contributed by atoms with Crippen LogP contribution in [0.1, 0.15) is 0 Å². The topological polar surface area (TPSA) is 0 Å². The van der Waals surface area contributed by atoms with Crippen LogP contribution < -0.4 is 21.9 Å². The molecule has 0 saturated heterocycles. The van der Waals surface area contributed by atoms with E-state index in [0.29, 0.717) is 0 Å². The SMILES string of the molecule is c1ccc([B-](c2ccccc2)(c2ccccc2)c2cccc3ccccc23)cc1. The summed E-state index contributed by atoms with van der Waals surface area (Å²) in [4.78, 5) is 0. The number of fused-ring (bicyclic) bond motifs is 1. The minimum atomic E-state index is -1.33. The minimum Gasteiger partial charge on any atom is -0.195 e. The van der Waals surface area contributed by atoms with E-state index in [9.17, 15) is 0 Å². The predicted octanol–water partition coefficient (Wildman–Crippen LogP) is 4.22. The van der Waals surface area contributed by atoms with Crippen molar-refractivity contribution in [1.29, 1.82) is 0 Å². The summed E-state index contributed by atoms with van der Waals surface area (Å²) < 4.78 is 0. The highest BCUT2D eigenvalue weighted by Gasteiger charge is 2.32. The van der Waals surface area contributed by atoms with Gasteiger partial charge in [0.05, 0.1) is 0 Å². The zero-order chi connectivity index (χ0) is 19.5. The van der Waals surface area contributed by atoms with E-state index in [1.165, 1.54) is 32.6 Å². The Morgan fingerprint density at radius 3 is 1.28 bits per heavy atom. The average Bonchev–Trinajstić information content (AvgIpc) is 2.82. The van der Waals surface area contributed by atoms with Crippen molar-refractivity contribution >= 4 is 38.8 Å². The first-order valence-electron chi connectivity index (χ1n) is 10.2. The molecule has 0 atom stereocenters. The van der Waals surface area contributed by atoms with Crippen molar-refractivity contribution in [2.75, 3.05) is 0 Å². The molecule has 0 amide bonds. The highest BCUT2D eigenvalue weighted by Crippen LogP contribution is 2.17. The van der Waals surface area contributed by atoms with E-state index >= 15 is 0 Å². The molecule has 0 aliphatic carbocycles. The summed E-state index contributed by atoms with van der Waals surface area (Å²) in [7, 11) is 0. The predicted molar refractivity (Wildman–Crippen MR) is 128 cm³/mol. The fraction of sp³-hybridized carbons (Fsp3) is 0. The smallest absolute Gasteiger partial charge is 0.108 e. The van der Waals surface area contributed by atoms with Crippen LogP contribution >= 0.6 is 0 Å². The Morgan fingerprint density at radius 2 is 0.759 bits per heavy atom. The lowest BCUT2D eigenvalue weighted by Crippen LogP contribution is -2.74. The average molecular weight is 369 g/mol. The molecule has 0 aromatic heterocycles. The molecule has 5 aromatic rings. The maximum Gasteiger partial charge on any atom is 0.108 e. The van der Waals surface area contributed by atoms with Crippen LogP contribution in [-0.4, -0.2) is 6.15 Å². The van der Waals surface area contributed by atoms with E-state index < -0.39 is 6.15 Å². The quantitative estimate of drug-likeness (QED) is 0.416. The summed E-state index contributed by atoms with van der Waals surface area (Å²) in [5.74, 6) is 0. The summed E-state index contributed by atoms with van der Waals surface area (Å²) >= 11 is 0. The second kappa shape index (κ2) is 7.45. The molecular formula is C28H22B-. The van der Waals surface area contributed by atoms with Crippen LogP contribution in [0, 0.1) is 0 Å². The minimum absolute atomic E-state index is 1.28. The van der Waals surface area contributed by atoms with E-state index in [2.05, 4.69) is 133 Å². The molecule has 5 rings (SSSR count). The lowest BCUT2D eigenvalue weighted by atomic mass is 9.12. The molecule has 0 fully saturated rings. The zero-order valence-corrected chi connectivity index (χ0v) is 16.3. The van der Waals surface area contributed by atoms with Crippen molar-refractivity contribution < 1.29 is 0 Å². The fourth-order valence-corrected chi connectivity index (χ4v) is 4.97. The van der Waals surface area contributed by atoms with Gasteiger partial charge in [-0.15, -0.1) is 0 Å². The highest BCUT2D eigenvalue weighted by atomic mass is 14.1. The van der Waals surface area contributed by atoms with Gasteiger partial charge in [0.2, 0.25) is 0 Å². The van der Waals surface area contributed by atoms with Gasteiger partial charge in [0.25, 0.3) is 0 Å². The van der Waals surface area contributed by atoms with Gasteiger partial charge in [0.15, 0.2) is 0 Å². The summed E-state index contributed by atoms with van der Waals surface area (Å²) in [5, 5.41) is 2.59. The van der Waals surface area contributed by atoms with Gasteiger partial charge in [-0.05, 0) is 5.39 Å². The number of hydrogen-bond donors (Lipinski definition) is 0. The molecule has 138 valence electrons. The van der Waals surface area contributed by atoms with Crippen molar-refractivity contribution in [2.45, 2.75) is 0 Å². The molecule has 0 bridgehead atoms. The lowest BCUT2D eigenvalue weighted by Gasteiger charge is -2.45. The molecule has 1 heteroatoms. The first kappa shape index (κ1) is 17.5. The van der Waals surface area contributed by atoms with Gasteiger partial charge in [-0.3, -0.25) is 0 Å². The Labute approximate surface area is 172 Å². The van der Waals surface area contributed by atoms with E-state index in [1.807, 2.05) is 0 Å². The fourth-order valence-electron chi connectivity index (χ4n) is 4.97. The van der Waals surface area contributed by atoms with Crippen molar-refractivity contribution in [3.8, 4) is 0 Å². The summed E-state index contributed by atoms with van der Waals surface area (Å²) in [6.45, 7) is 0. The first-order chi connectivity index (χ1) is 14.4. The monoisotopic (exact) mass is 369 g/mol. The van der Waals surface area contributed by atoms with E-state index in [0.717, 1.165) is 0 Å². The summed E-state index contributed by atoms with van der Waals surface area (Å²) in [5.41, 5.74) is 5.37. The van der Waals surface area contributed by atoms with Gasteiger partial charge in [0, 0.05) is 0 Å². The van der Waals surface area contributed by atoms with Crippen LogP contribution in [0.25, 0.3) is 10.8 Å². The third-order valence-electron chi connectivity index (χ3n) is 6.19. The standard InChI is InChI=1S/C28H22B/c1-4-15-24(16-5-1)29(25-17-6-2-7-18-25,26-19-8-3-9-20-26)28-22-12-14-23-13-10-11-21-27(23)28/h1-22H/q-1. The lowest BCUT2D eigenvalue weighted by molar-refractivity contribution is 1.67. The normalized spacial score (nSPS) is 11.4. The number of rotatable bonds is 4. The molecule has 0 N–H and O–H groups in total. The van der Waals surface area contributed by atoms with Gasteiger partial charge in [-0.1, -0.05) is 139 Å². The van der Waals surface area contributed by atoms with Gasteiger partial charge >= 0.3 is 0 Å². The van der Waals surface area contributed by atoms with Crippen LogP contribution in [0.5, 0.6) is 0 Å². The second-order valence-corrected chi connectivity index (χ2v) is 7.67. The van der Waals surface area contributed by atoms with E-state index in [4.69, 9.17) is 0 Å². The molecule has 0 nitrogen and oxygen atoms in total. The van der Waals surface area contributed by atoms with Crippen LogP contribution in [0.2, 0.25) is 0 Å². The van der Waals surface area contributed by atoms with E-state index in [1.54, 1.807) is 0 Å². The molecule has 0 saturated carbocycles. The molecule has 0 aliphatic heterocycles. The van der Waals surface area contributed by atoms with Crippen molar-refractivity contribution in [1.82, 2.24) is 0 Å². The van der Waals surface area contributed by atoms with Crippen LogP contribution in [-0.2, 0) is 0 Å². The molecular weight excluding hydrogens is 347 g/mol. The largest absolute Gasteiger partial charge is 0.195 e. The van der Waals surface area contributed by atoms with Gasteiger partial charge in [-0.25, -0.2) is 0 Å². The molecule has 0 radical (unpaired) electrons. The van der Waals surface area contributed by atoms with Crippen LogP contribution in [0.15, 0.2) is 133 Å². The van der Waals surface area contributed by atoms with Crippen LogP contribution in [0.4, 0.5) is 0 Å². The summed E-state index contributed by atoms with van der Waals surface area (Å²) in [6, 6.07) is 48.4. The molecule has 0 aliphatic rings. The molecule has 0 spiro atoms. The second-order valence-electron chi connectivity index (χ2n) is 7.67.